The van der Waals surface area contributed by atoms with Crippen LogP contribution in [0.4, 0.5) is 0 Å². The Kier molecular flexibility index (Phi) is 6.72. The summed E-state index contributed by atoms with van der Waals surface area (Å²) >= 11 is 5.91. The maximum Gasteiger partial charge on any atom is 0.255 e. The molecule has 5 nitrogen and oxygen atoms in total. The molecular weight excluding hydrogens is 362 g/mol. The van der Waals surface area contributed by atoms with Gasteiger partial charge in [0.1, 0.15) is 12.4 Å². The highest BCUT2D eigenvalue weighted by Gasteiger charge is 2.23. The number of para-hydroxylation sites is 1. The molecule has 1 aliphatic heterocycles. The number of piperazine rings is 1. The fraction of sp³-hybridized carbons (Fsp3) is 0.381. The van der Waals surface area contributed by atoms with E-state index in [-0.39, 0.29) is 5.91 Å². The zero-order valence-electron chi connectivity index (χ0n) is 15.8. The zero-order valence-corrected chi connectivity index (χ0v) is 16.6. The van der Waals surface area contributed by atoms with E-state index in [0.717, 1.165) is 25.2 Å². The fourth-order valence-corrected chi connectivity index (χ4v) is 3.28. The Morgan fingerprint density at radius 3 is 2.67 bits per heavy atom. The maximum absolute atomic E-state index is 12.7. The number of likely N-dealkylation sites (N-methyl/N-ethyl adjacent to an activating group) is 2. The zero-order chi connectivity index (χ0) is 19.2. The van der Waals surface area contributed by atoms with Crippen LogP contribution < -0.4 is 10.1 Å². The topological polar surface area (TPSA) is 44.8 Å². The Morgan fingerprint density at radius 1 is 1.15 bits per heavy atom. The van der Waals surface area contributed by atoms with Gasteiger partial charge in [0.15, 0.2) is 0 Å². The lowest BCUT2D eigenvalue weighted by Gasteiger charge is -2.37. The summed E-state index contributed by atoms with van der Waals surface area (Å²) < 4.78 is 5.89. The summed E-state index contributed by atoms with van der Waals surface area (Å²) in [6.45, 7) is 4.02. The lowest BCUT2D eigenvalue weighted by atomic mass is 10.1. The lowest BCUT2D eigenvalue weighted by Crippen LogP contribution is -2.54. The van der Waals surface area contributed by atoms with Crippen molar-refractivity contribution in [2.45, 2.75) is 12.6 Å². The van der Waals surface area contributed by atoms with Gasteiger partial charge in [-0.1, -0.05) is 35.9 Å². The largest absolute Gasteiger partial charge is 0.488 e. The van der Waals surface area contributed by atoms with Crippen LogP contribution >= 0.6 is 11.6 Å². The summed E-state index contributed by atoms with van der Waals surface area (Å²) in [6, 6.07) is 15.2. The highest BCUT2D eigenvalue weighted by molar-refractivity contribution is 6.30. The molecule has 1 amide bonds. The van der Waals surface area contributed by atoms with Crippen molar-refractivity contribution in [3.63, 3.8) is 0 Å². The van der Waals surface area contributed by atoms with Gasteiger partial charge in [-0.15, -0.1) is 0 Å². The highest BCUT2D eigenvalue weighted by Crippen LogP contribution is 2.20. The Bertz CT molecular complexity index is 766. The van der Waals surface area contributed by atoms with Crippen LogP contribution in [0, 0.1) is 0 Å². The van der Waals surface area contributed by atoms with E-state index in [9.17, 15) is 4.79 Å². The number of hydrogen-bond acceptors (Lipinski definition) is 4. The molecule has 0 radical (unpaired) electrons. The molecule has 0 saturated carbocycles. The summed E-state index contributed by atoms with van der Waals surface area (Å²) in [6.07, 6.45) is 0. The minimum Gasteiger partial charge on any atom is -0.488 e. The van der Waals surface area contributed by atoms with Gasteiger partial charge in [-0.05, 0) is 43.9 Å². The molecule has 0 aromatic heterocycles. The third-order valence-electron chi connectivity index (χ3n) is 4.92. The number of nitrogens with one attached hydrogen (secondary N) is 1. The Labute approximate surface area is 165 Å². The molecule has 2 aromatic rings. The predicted octanol–water partition coefficient (Wildman–Crippen LogP) is 2.89. The molecule has 0 bridgehead atoms. The molecule has 1 unspecified atom stereocenters. The van der Waals surface area contributed by atoms with Crippen molar-refractivity contribution in [3.05, 3.63) is 64.7 Å². The van der Waals surface area contributed by atoms with Crippen molar-refractivity contribution in [1.29, 1.82) is 0 Å². The van der Waals surface area contributed by atoms with E-state index in [1.54, 1.807) is 6.07 Å². The summed E-state index contributed by atoms with van der Waals surface area (Å²) in [5, 5.41) is 3.75. The van der Waals surface area contributed by atoms with Gasteiger partial charge in [0, 0.05) is 37.2 Å². The molecule has 0 spiro atoms. The number of nitrogens with zero attached hydrogens (tertiary/aromatic N) is 2. The van der Waals surface area contributed by atoms with E-state index in [4.69, 9.17) is 16.3 Å². The summed E-state index contributed by atoms with van der Waals surface area (Å²) in [7, 11) is 4.22. The molecule has 27 heavy (non-hydrogen) atoms. The average molecular weight is 388 g/mol. The maximum atomic E-state index is 12.7. The van der Waals surface area contributed by atoms with Crippen molar-refractivity contribution in [1.82, 2.24) is 15.1 Å². The smallest absolute Gasteiger partial charge is 0.255 e. The lowest BCUT2D eigenvalue weighted by molar-refractivity contribution is 0.0877. The van der Waals surface area contributed by atoms with Gasteiger partial charge in [-0.25, -0.2) is 0 Å². The van der Waals surface area contributed by atoms with E-state index in [2.05, 4.69) is 29.2 Å². The molecule has 6 heteroatoms. The van der Waals surface area contributed by atoms with Crippen molar-refractivity contribution in [2.24, 2.45) is 0 Å². The van der Waals surface area contributed by atoms with Crippen LogP contribution in [-0.4, -0.2) is 62.0 Å². The Morgan fingerprint density at radius 2 is 1.89 bits per heavy atom. The Hall–Kier alpha value is -2.08. The second-order valence-corrected chi connectivity index (χ2v) is 7.45. The molecular formula is C21H26ClN3O2. The average Bonchev–Trinajstić information content (AvgIpc) is 2.68. The summed E-state index contributed by atoms with van der Waals surface area (Å²) in [5.74, 6) is 0.474. The van der Waals surface area contributed by atoms with E-state index in [1.807, 2.05) is 42.5 Å². The summed E-state index contributed by atoms with van der Waals surface area (Å²) in [4.78, 5) is 17.3. The molecule has 2 aromatic carbocycles. The van der Waals surface area contributed by atoms with Crippen LogP contribution in [0.2, 0.25) is 5.02 Å². The SMILES string of the molecule is CN1CCN(C)C(CNC(=O)c2ccccc2OCc2ccc(Cl)cc2)C1. The molecule has 3 rings (SSSR count). The normalized spacial score (nSPS) is 18.3. The molecule has 1 saturated heterocycles. The van der Waals surface area contributed by atoms with Crippen molar-refractivity contribution < 1.29 is 9.53 Å². The van der Waals surface area contributed by atoms with Gasteiger partial charge in [-0.2, -0.15) is 0 Å². The van der Waals surface area contributed by atoms with Crippen molar-refractivity contribution in [2.75, 3.05) is 40.3 Å². The van der Waals surface area contributed by atoms with E-state index >= 15 is 0 Å². The second-order valence-electron chi connectivity index (χ2n) is 7.02. The van der Waals surface area contributed by atoms with Crippen LogP contribution in [-0.2, 0) is 6.61 Å². The first-order valence-corrected chi connectivity index (χ1v) is 9.54. The molecule has 0 aliphatic carbocycles. The number of amides is 1. The third-order valence-corrected chi connectivity index (χ3v) is 5.17. The van der Waals surface area contributed by atoms with Gasteiger partial charge < -0.3 is 15.0 Å². The van der Waals surface area contributed by atoms with Crippen molar-refractivity contribution in [3.8, 4) is 5.75 Å². The van der Waals surface area contributed by atoms with Gasteiger partial charge in [0.2, 0.25) is 0 Å². The van der Waals surface area contributed by atoms with E-state index in [0.29, 0.717) is 35.5 Å². The minimum absolute atomic E-state index is 0.108. The number of carbonyl (C=O) groups excluding carboxylic acids is 1. The minimum atomic E-state index is -0.108. The Balaban J connectivity index is 1.60. The molecule has 1 atom stereocenters. The van der Waals surface area contributed by atoms with Crippen LogP contribution in [0.5, 0.6) is 5.75 Å². The van der Waals surface area contributed by atoms with Crippen LogP contribution in [0.25, 0.3) is 0 Å². The van der Waals surface area contributed by atoms with E-state index in [1.165, 1.54) is 0 Å². The van der Waals surface area contributed by atoms with E-state index < -0.39 is 0 Å². The molecule has 144 valence electrons. The number of rotatable bonds is 6. The first-order chi connectivity index (χ1) is 13.0. The quantitative estimate of drug-likeness (QED) is 0.827. The first-order valence-electron chi connectivity index (χ1n) is 9.16. The summed E-state index contributed by atoms with van der Waals surface area (Å²) in [5.41, 5.74) is 1.56. The van der Waals surface area contributed by atoms with Gasteiger partial charge in [0.05, 0.1) is 5.56 Å². The molecule has 1 fully saturated rings. The fourth-order valence-electron chi connectivity index (χ4n) is 3.15. The third kappa shape index (κ3) is 5.45. The number of carbonyl (C=O) groups is 1. The standard InChI is InChI=1S/C21H26ClN3O2/c1-24-11-12-25(2)18(14-24)13-23-21(26)19-5-3-4-6-20(19)27-15-16-7-9-17(22)10-8-16/h3-10,18H,11-15H2,1-2H3,(H,23,26). The highest BCUT2D eigenvalue weighted by atomic mass is 35.5. The monoisotopic (exact) mass is 387 g/mol. The number of ether oxygens (including phenoxy) is 1. The molecule has 1 N–H and O–H groups in total. The van der Waals surface area contributed by atoms with Gasteiger partial charge in [0.25, 0.3) is 5.91 Å². The van der Waals surface area contributed by atoms with Gasteiger partial charge >= 0.3 is 0 Å². The van der Waals surface area contributed by atoms with Gasteiger partial charge in [-0.3, -0.25) is 9.69 Å². The molecule has 1 heterocycles. The second kappa shape index (κ2) is 9.22. The first kappa shape index (κ1) is 19.7. The van der Waals surface area contributed by atoms with Crippen LogP contribution in [0.1, 0.15) is 15.9 Å². The number of halogens is 1. The number of benzene rings is 2. The van der Waals surface area contributed by atoms with Crippen molar-refractivity contribution >= 4 is 17.5 Å². The molecule has 1 aliphatic rings. The number of hydrogen-bond donors (Lipinski definition) is 1. The van der Waals surface area contributed by atoms with Crippen LogP contribution in [0.15, 0.2) is 48.5 Å². The predicted molar refractivity (Wildman–Crippen MR) is 108 cm³/mol. The van der Waals surface area contributed by atoms with Crippen LogP contribution in [0.3, 0.4) is 0 Å².